The number of anilines is 3. The Morgan fingerprint density at radius 2 is 1.91 bits per heavy atom. The first kappa shape index (κ1) is 20.8. The summed E-state index contributed by atoms with van der Waals surface area (Å²) in [6, 6.07) is 8.24. The molecule has 0 radical (unpaired) electrons. The Balaban J connectivity index is 1.40. The molecule has 0 saturated carbocycles. The van der Waals surface area contributed by atoms with Crippen LogP contribution < -0.4 is 10.0 Å². The molecule has 1 aromatic carbocycles. The van der Waals surface area contributed by atoms with Crippen LogP contribution >= 0.6 is 11.3 Å². The summed E-state index contributed by atoms with van der Waals surface area (Å²) in [6.45, 7) is 4.06. The van der Waals surface area contributed by atoms with Crippen LogP contribution in [0.1, 0.15) is 29.5 Å². The smallest absolute Gasteiger partial charge is 0.264 e. The quantitative estimate of drug-likeness (QED) is 0.447. The number of aryl methyl sites for hydroxylation is 2. The van der Waals surface area contributed by atoms with Gasteiger partial charge in [-0.2, -0.15) is 0 Å². The van der Waals surface area contributed by atoms with Crippen molar-refractivity contribution in [2.24, 2.45) is 5.92 Å². The molecule has 1 atom stereocenters. The maximum Gasteiger partial charge on any atom is 0.264 e. The molecule has 10 heteroatoms. The van der Waals surface area contributed by atoms with E-state index in [2.05, 4.69) is 36.9 Å². The van der Waals surface area contributed by atoms with Crippen LogP contribution in [0.2, 0.25) is 0 Å². The van der Waals surface area contributed by atoms with Crippen LogP contribution in [0.25, 0.3) is 10.2 Å². The minimum absolute atomic E-state index is 0.0483. The average Bonchev–Trinajstić information content (AvgIpc) is 3.12. The fourth-order valence-electron chi connectivity index (χ4n) is 3.90. The minimum Gasteiger partial charge on any atom is -0.340 e. The number of benzene rings is 1. The van der Waals surface area contributed by atoms with Crippen molar-refractivity contribution in [1.29, 1.82) is 0 Å². The molecule has 1 aliphatic carbocycles. The van der Waals surface area contributed by atoms with E-state index < -0.39 is 10.0 Å². The molecule has 0 amide bonds. The highest BCUT2D eigenvalue weighted by molar-refractivity contribution is 7.92. The Kier molecular flexibility index (Phi) is 5.26. The monoisotopic (exact) mass is 466 g/mol. The number of hydrogen-bond acceptors (Lipinski definition) is 8. The number of aromatic nitrogens is 4. The second-order valence-electron chi connectivity index (χ2n) is 8.03. The third-order valence-corrected chi connectivity index (χ3v) is 8.05. The van der Waals surface area contributed by atoms with Gasteiger partial charge in [0.05, 0.1) is 10.3 Å². The number of sulfonamides is 1. The molecule has 0 spiro atoms. The summed E-state index contributed by atoms with van der Waals surface area (Å²) in [5.41, 5.74) is 2.77. The van der Waals surface area contributed by atoms with Crippen LogP contribution in [-0.2, 0) is 22.9 Å². The Morgan fingerprint density at radius 3 is 2.69 bits per heavy atom. The molecular formula is C22H22N6O2S2. The lowest BCUT2D eigenvalue weighted by molar-refractivity contribution is 0.509. The number of nitrogens with zero attached hydrogens (tertiary/aromatic N) is 4. The summed E-state index contributed by atoms with van der Waals surface area (Å²) >= 11 is 1.75. The second-order valence-corrected chi connectivity index (χ2v) is 10.8. The summed E-state index contributed by atoms with van der Waals surface area (Å²) in [7, 11) is -3.79. The zero-order chi connectivity index (χ0) is 22.3. The highest BCUT2D eigenvalue weighted by atomic mass is 32.2. The highest BCUT2D eigenvalue weighted by Crippen LogP contribution is 2.40. The van der Waals surface area contributed by atoms with Crippen molar-refractivity contribution in [3.05, 3.63) is 59.0 Å². The first-order chi connectivity index (χ1) is 15.4. The van der Waals surface area contributed by atoms with E-state index in [-0.39, 0.29) is 10.8 Å². The Morgan fingerprint density at radius 1 is 1.09 bits per heavy atom. The third kappa shape index (κ3) is 4.03. The molecule has 1 aliphatic rings. The summed E-state index contributed by atoms with van der Waals surface area (Å²) in [5.74, 6) is 1.49. The molecule has 5 rings (SSSR count). The Hall–Kier alpha value is -3.11. The van der Waals surface area contributed by atoms with Crippen LogP contribution in [0.4, 0.5) is 17.5 Å². The van der Waals surface area contributed by atoms with Gasteiger partial charge in [-0.05, 0) is 68.0 Å². The summed E-state index contributed by atoms with van der Waals surface area (Å²) < 4.78 is 27.8. The van der Waals surface area contributed by atoms with Gasteiger partial charge in [0.25, 0.3) is 10.0 Å². The van der Waals surface area contributed by atoms with Crippen molar-refractivity contribution >= 4 is 49.0 Å². The van der Waals surface area contributed by atoms with E-state index in [9.17, 15) is 8.42 Å². The van der Waals surface area contributed by atoms with Gasteiger partial charge in [-0.15, -0.1) is 11.3 Å². The summed E-state index contributed by atoms with van der Waals surface area (Å²) in [4.78, 5) is 19.5. The van der Waals surface area contributed by atoms with E-state index in [1.807, 2.05) is 0 Å². The van der Waals surface area contributed by atoms with Crippen molar-refractivity contribution in [3.63, 3.8) is 0 Å². The van der Waals surface area contributed by atoms with Gasteiger partial charge < -0.3 is 5.32 Å². The topological polar surface area (TPSA) is 110 Å². The summed E-state index contributed by atoms with van der Waals surface area (Å²) in [5, 5.41) is 4.42. The Labute approximate surface area is 190 Å². The predicted molar refractivity (Wildman–Crippen MR) is 126 cm³/mol. The molecule has 0 fully saturated rings. The molecular weight excluding hydrogens is 444 g/mol. The highest BCUT2D eigenvalue weighted by Gasteiger charge is 2.23. The molecule has 164 valence electrons. The molecule has 4 aromatic rings. The van der Waals surface area contributed by atoms with Crippen LogP contribution in [-0.4, -0.2) is 28.4 Å². The fourth-order valence-corrected chi connectivity index (χ4v) is 6.20. The SMILES string of the molecule is Cc1ccnc(NS(=O)(=O)c2ccc(Nc3ncnc4sc5c(c34)CCC(C)C5)cc2)n1. The molecule has 3 aromatic heterocycles. The molecule has 0 aliphatic heterocycles. The number of rotatable bonds is 5. The van der Waals surface area contributed by atoms with Crippen LogP contribution in [0, 0.1) is 12.8 Å². The van der Waals surface area contributed by atoms with Gasteiger partial charge in [0.15, 0.2) is 0 Å². The van der Waals surface area contributed by atoms with Gasteiger partial charge in [0.2, 0.25) is 5.95 Å². The van der Waals surface area contributed by atoms with Crippen molar-refractivity contribution in [3.8, 4) is 0 Å². The zero-order valence-electron chi connectivity index (χ0n) is 17.7. The fraction of sp³-hybridized carbons (Fsp3) is 0.273. The van der Waals surface area contributed by atoms with Crippen LogP contribution in [0.3, 0.4) is 0 Å². The molecule has 0 saturated heterocycles. The number of fused-ring (bicyclic) bond motifs is 3. The number of nitrogens with one attached hydrogen (secondary N) is 2. The molecule has 8 nitrogen and oxygen atoms in total. The van der Waals surface area contributed by atoms with Gasteiger partial charge >= 0.3 is 0 Å². The number of thiophene rings is 1. The van der Waals surface area contributed by atoms with E-state index in [4.69, 9.17) is 0 Å². The lowest BCUT2D eigenvalue weighted by atomic mass is 9.89. The third-order valence-electron chi connectivity index (χ3n) is 5.54. The second kappa shape index (κ2) is 8.10. The van der Waals surface area contributed by atoms with Gasteiger partial charge in [-0.25, -0.2) is 33.1 Å². The van der Waals surface area contributed by atoms with Crippen LogP contribution in [0.5, 0.6) is 0 Å². The predicted octanol–water partition coefficient (Wildman–Crippen LogP) is 4.46. The van der Waals surface area contributed by atoms with Crippen molar-refractivity contribution < 1.29 is 8.42 Å². The van der Waals surface area contributed by atoms with Gasteiger partial charge in [-0.1, -0.05) is 6.92 Å². The molecule has 3 heterocycles. The normalized spacial score (nSPS) is 16.0. The lowest BCUT2D eigenvalue weighted by Crippen LogP contribution is -2.15. The van der Waals surface area contributed by atoms with Crippen LogP contribution in [0.15, 0.2) is 47.8 Å². The van der Waals surface area contributed by atoms with E-state index >= 15 is 0 Å². The standard InChI is InChI=1S/C22H22N6O2S2/c1-13-3-8-17-18(11-13)31-21-19(17)20(24-12-25-21)27-15-4-6-16(7-5-15)32(29,30)28-22-23-10-9-14(2)26-22/h4-7,9-10,12-13H,3,8,11H2,1-2H3,(H,23,26,28)(H,24,25,27). The first-order valence-corrected chi connectivity index (χ1v) is 12.6. The molecule has 1 unspecified atom stereocenters. The van der Waals surface area contributed by atoms with E-state index in [1.54, 1.807) is 54.9 Å². The lowest BCUT2D eigenvalue weighted by Gasteiger charge is -2.18. The van der Waals surface area contributed by atoms with E-state index in [0.717, 1.165) is 41.0 Å². The zero-order valence-corrected chi connectivity index (χ0v) is 19.3. The number of hydrogen-bond donors (Lipinski definition) is 2. The Bertz CT molecular complexity index is 1400. The maximum atomic E-state index is 12.7. The molecule has 0 bridgehead atoms. The largest absolute Gasteiger partial charge is 0.340 e. The first-order valence-electron chi connectivity index (χ1n) is 10.3. The van der Waals surface area contributed by atoms with Gasteiger partial charge in [0, 0.05) is 22.5 Å². The van der Waals surface area contributed by atoms with Crippen molar-refractivity contribution in [2.45, 2.75) is 38.0 Å². The maximum absolute atomic E-state index is 12.7. The van der Waals surface area contributed by atoms with Crippen molar-refractivity contribution in [1.82, 2.24) is 19.9 Å². The van der Waals surface area contributed by atoms with Gasteiger partial charge in [-0.3, -0.25) is 0 Å². The average molecular weight is 467 g/mol. The van der Waals surface area contributed by atoms with Crippen molar-refractivity contribution in [2.75, 3.05) is 10.0 Å². The van der Waals surface area contributed by atoms with E-state index in [0.29, 0.717) is 11.6 Å². The summed E-state index contributed by atoms with van der Waals surface area (Å²) in [6.07, 6.45) is 6.36. The van der Waals surface area contributed by atoms with E-state index in [1.165, 1.54) is 16.6 Å². The minimum atomic E-state index is -3.79. The van der Waals surface area contributed by atoms with Gasteiger partial charge in [0.1, 0.15) is 17.0 Å². The molecule has 32 heavy (non-hydrogen) atoms. The molecule has 2 N–H and O–H groups in total.